The van der Waals surface area contributed by atoms with Gasteiger partial charge in [0.2, 0.25) is 0 Å². The fraction of sp³-hybridized carbons (Fsp3) is 0.682. The van der Waals surface area contributed by atoms with Crippen LogP contribution in [0, 0.1) is 16.0 Å². The number of nitrogens with zero attached hydrogens (tertiary/aromatic N) is 3. The van der Waals surface area contributed by atoms with Crippen LogP contribution in [-0.4, -0.2) is 79.3 Å². The summed E-state index contributed by atoms with van der Waals surface area (Å²) in [5.41, 5.74) is -0.216. The van der Waals surface area contributed by atoms with Crippen LogP contribution in [0.4, 0.5) is 5.69 Å². The Hall–Kier alpha value is -2.39. The third-order valence-electron chi connectivity index (χ3n) is 5.92. The van der Waals surface area contributed by atoms with Gasteiger partial charge in [0.25, 0.3) is 11.6 Å². The van der Waals surface area contributed by atoms with Crippen LogP contribution in [0.25, 0.3) is 0 Å². The predicted molar refractivity (Wildman–Crippen MR) is 116 cm³/mol. The highest BCUT2D eigenvalue weighted by Gasteiger charge is 2.32. The minimum atomic E-state index is -0.539. The maximum Gasteiger partial charge on any atom is 0.286 e. The van der Waals surface area contributed by atoms with E-state index in [2.05, 4.69) is 18.7 Å². The van der Waals surface area contributed by atoms with E-state index in [1.165, 1.54) is 19.2 Å². The van der Waals surface area contributed by atoms with Crippen molar-refractivity contribution in [2.45, 2.75) is 45.8 Å². The Morgan fingerprint density at radius 1 is 1.19 bits per heavy atom. The lowest BCUT2D eigenvalue weighted by atomic mass is 9.95. The third kappa shape index (κ3) is 5.65. The second-order valence-corrected chi connectivity index (χ2v) is 8.42. The molecule has 2 saturated heterocycles. The molecule has 2 unspecified atom stereocenters. The van der Waals surface area contributed by atoms with Crippen molar-refractivity contribution in [3.8, 4) is 11.5 Å². The molecule has 172 valence electrons. The molecule has 9 heteroatoms. The van der Waals surface area contributed by atoms with Crippen LogP contribution in [0.3, 0.4) is 0 Å². The maximum atomic E-state index is 13.1. The number of benzene rings is 1. The van der Waals surface area contributed by atoms with Gasteiger partial charge in [-0.1, -0.05) is 0 Å². The molecule has 1 aromatic rings. The summed E-state index contributed by atoms with van der Waals surface area (Å²) in [6.07, 6.45) is 2.24. The molecule has 0 spiro atoms. The SMILES string of the molecule is CCOc1cc([N+](=O)[O-])c(C(=O)N2CCC(CN3CC(C)OC(C)C3)CC2)cc1OC. The minimum absolute atomic E-state index is 0.0413. The van der Waals surface area contributed by atoms with E-state index in [9.17, 15) is 14.9 Å². The summed E-state index contributed by atoms with van der Waals surface area (Å²) in [7, 11) is 1.46. The molecule has 0 N–H and O–H groups in total. The molecule has 3 rings (SSSR count). The Labute approximate surface area is 183 Å². The Bertz CT molecular complexity index is 784. The fourth-order valence-electron chi connectivity index (χ4n) is 4.59. The maximum absolute atomic E-state index is 13.1. The van der Waals surface area contributed by atoms with Crippen LogP contribution >= 0.6 is 0 Å². The topological polar surface area (TPSA) is 94.4 Å². The molecule has 2 aliphatic rings. The Kier molecular flexibility index (Phi) is 7.72. The molecule has 2 heterocycles. The molecule has 0 radical (unpaired) electrons. The molecule has 2 fully saturated rings. The van der Waals surface area contributed by atoms with Crippen molar-refractivity contribution in [1.82, 2.24) is 9.80 Å². The van der Waals surface area contributed by atoms with Crippen LogP contribution in [0.15, 0.2) is 12.1 Å². The highest BCUT2D eigenvalue weighted by molar-refractivity contribution is 5.99. The van der Waals surface area contributed by atoms with Crippen LogP contribution in [0.5, 0.6) is 11.5 Å². The normalized spacial score (nSPS) is 22.9. The second-order valence-electron chi connectivity index (χ2n) is 8.42. The Balaban J connectivity index is 1.67. The van der Waals surface area contributed by atoms with Crippen molar-refractivity contribution >= 4 is 11.6 Å². The first-order chi connectivity index (χ1) is 14.8. The highest BCUT2D eigenvalue weighted by atomic mass is 16.6. The molecule has 0 aliphatic carbocycles. The zero-order chi connectivity index (χ0) is 22.5. The lowest BCUT2D eigenvalue weighted by Gasteiger charge is -2.39. The highest BCUT2D eigenvalue weighted by Crippen LogP contribution is 2.36. The zero-order valence-corrected chi connectivity index (χ0v) is 18.8. The minimum Gasteiger partial charge on any atom is -0.493 e. The monoisotopic (exact) mass is 435 g/mol. The van der Waals surface area contributed by atoms with Crippen molar-refractivity contribution in [2.24, 2.45) is 5.92 Å². The van der Waals surface area contributed by atoms with Crippen LogP contribution < -0.4 is 9.47 Å². The molecular weight excluding hydrogens is 402 g/mol. The van der Waals surface area contributed by atoms with Crippen molar-refractivity contribution in [3.05, 3.63) is 27.8 Å². The molecule has 2 aliphatic heterocycles. The largest absolute Gasteiger partial charge is 0.493 e. The Morgan fingerprint density at radius 3 is 2.39 bits per heavy atom. The number of rotatable bonds is 7. The van der Waals surface area contributed by atoms with Crippen molar-refractivity contribution in [2.75, 3.05) is 46.4 Å². The molecule has 1 amide bonds. The number of ether oxygens (including phenoxy) is 3. The summed E-state index contributed by atoms with van der Waals surface area (Å²) in [5, 5.41) is 11.6. The van der Waals surface area contributed by atoms with Gasteiger partial charge >= 0.3 is 0 Å². The van der Waals surface area contributed by atoms with E-state index in [0.717, 1.165) is 32.5 Å². The van der Waals surface area contributed by atoms with Gasteiger partial charge in [0.05, 0.1) is 36.9 Å². The predicted octanol–water partition coefficient (Wildman–Crippen LogP) is 2.96. The van der Waals surface area contributed by atoms with Crippen LogP contribution in [0.1, 0.15) is 44.0 Å². The van der Waals surface area contributed by atoms with Crippen LogP contribution in [0.2, 0.25) is 0 Å². The first-order valence-electron chi connectivity index (χ1n) is 11.0. The first kappa shape index (κ1) is 23.3. The number of carbonyl (C=O) groups is 1. The van der Waals surface area contributed by atoms with Gasteiger partial charge in [0, 0.05) is 38.8 Å². The lowest BCUT2D eigenvalue weighted by molar-refractivity contribution is -0.385. The van der Waals surface area contributed by atoms with Crippen LogP contribution in [-0.2, 0) is 4.74 Å². The average molecular weight is 436 g/mol. The van der Waals surface area contributed by atoms with Gasteiger partial charge in [-0.2, -0.15) is 0 Å². The van der Waals surface area contributed by atoms with Crippen molar-refractivity contribution < 1.29 is 23.9 Å². The van der Waals surface area contributed by atoms with Crippen molar-refractivity contribution in [3.63, 3.8) is 0 Å². The molecule has 0 saturated carbocycles. The van der Waals surface area contributed by atoms with Gasteiger partial charge in [-0.05, 0) is 39.5 Å². The molecule has 1 aromatic carbocycles. The summed E-state index contributed by atoms with van der Waals surface area (Å²) in [4.78, 5) is 28.4. The average Bonchev–Trinajstić information content (AvgIpc) is 2.73. The molecule has 0 bridgehead atoms. The fourth-order valence-corrected chi connectivity index (χ4v) is 4.59. The zero-order valence-electron chi connectivity index (χ0n) is 18.8. The number of methoxy groups -OCH3 is 1. The quantitative estimate of drug-likeness (QED) is 0.480. The number of nitro groups is 1. The molecule has 0 aromatic heterocycles. The van der Waals surface area contributed by atoms with Gasteiger partial charge in [-0.15, -0.1) is 0 Å². The number of likely N-dealkylation sites (tertiary alicyclic amines) is 1. The smallest absolute Gasteiger partial charge is 0.286 e. The Morgan fingerprint density at radius 2 is 1.84 bits per heavy atom. The standard InChI is InChI=1S/C22H33N3O6/c1-5-30-21-11-19(25(27)28)18(10-20(21)29-4)22(26)24-8-6-17(7-9-24)14-23-12-15(2)31-16(3)13-23/h10-11,15-17H,5-9,12-14H2,1-4H3. The third-order valence-corrected chi connectivity index (χ3v) is 5.92. The van der Waals surface area contributed by atoms with Crippen molar-refractivity contribution in [1.29, 1.82) is 0 Å². The number of nitro benzene ring substituents is 1. The van der Waals surface area contributed by atoms with E-state index in [-0.39, 0.29) is 35.1 Å². The van der Waals surface area contributed by atoms with E-state index >= 15 is 0 Å². The van der Waals surface area contributed by atoms with E-state index in [4.69, 9.17) is 14.2 Å². The second kappa shape index (κ2) is 10.3. The summed E-state index contributed by atoms with van der Waals surface area (Å²) >= 11 is 0. The molecule has 9 nitrogen and oxygen atoms in total. The number of hydrogen-bond donors (Lipinski definition) is 0. The van der Waals surface area contributed by atoms with Gasteiger partial charge in [-0.3, -0.25) is 19.8 Å². The summed E-state index contributed by atoms with van der Waals surface area (Å²) < 4.78 is 16.5. The molecular formula is C22H33N3O6. The van der Waals surface area contributed by atoms with E-state index < -0.39 is 4.92 Å². The van der Waals surface area contributed by atoms with Gasteiger partial charge in [-0.25, -0.2) is 0 Å². The lowest BCUT2D eigenvalue weighted by Crippen LogP contribution is -2.48. The van der Waals surface area contributed by atoms with Gasteiger partial charge in [0.1, 0.15) is 5.56 Å². The number of carbonyl (C=O) groups excluding carboxylic acids is 1. The first-order valence-corrected chi connectivity index (χ1v) is 11.0. The van der Waals surface area contributed by atoms with Gasteiger partial charge < -0.3 is 19.1 Å². The number of morpholine rings is 1. The van der Waals surface area contributed by atoms with E-state index in [1.54, 1.807) is 11.8 Å². The number of piperidine rings is 1. The van der Waals surface area contributed by atoms with E-state index in [1.807, 2.05) is 0 Å². The summed E-state index contributed by atoms with van der Waals surface area (Å²) in [6.45, 7) is 10.4. The number of hydrogen-bond acceptors (Lipinski definition) is 7. The summed E-state index contributed by atoms with van der Waals surface area (Å²) in [5.74, 6) is 0.758. The molecule has 31 heavy (non-hydrogen) atoms. The van der Waals surface area contributed by atoms with E-state index in [0.29, 0.717) is 31.4 Å². The number of amides is 1. The van der Waals surface area contributed by atoms with Gasteiger partial charge in [0.15, 0.2) is 11.5 Å². The molecule has 2 atom stereocenters. The summed E-state index contributed by atoms with van der Waals surface area (Å²) in [6, 6.07) is 2.71.